The van der Waals surface area contributed by atoms with Crippen molar-refractivity contribution in [3.8, 4) is 11.4 Å². The summed E-state index contributed by atoms with van der Waals surface area (Å²) >= 11 is 0. The van der Waals surface area contributed by atoms with Crippen molar-refractivity contribution in [2.45, 2.75) is 69.1 Å². The molecular formula is C44H43FN6O6Si. The number of ether oxygens (including phenoxy) is 1. The Balaban J connectivity index is 1.12. The molecule has 296 valence electrons. The summed E-state index contributed by atoms with van der Waals surface area (Å²) in [7, 11) is -3.62. The van der Waals surface area contributed by atoms with E-state index in [0.29, 0.717) is 51.7 Å². The average molecular weight is 799 g/mol. The predicted octanol–water partition coefficient (Wildman–Crippen LogP) is 5.78. The van der Waals surface area contributed by atoms with E-state index in [1.165, 1.54) is 9.36 Å². The number of amides is 2. The van der Waals surface area contributed by atoms with Gasteiger partial charge in [0.25, 0.3) is 17.0 Å². The van der Waals surface area contributed by atoms with Gasteiger partial charge in [-0.15, -0.1) is 0 Å². The lowest BCUT2D eigenvalue weighted by Gasteiger charge is -2.31. The van der Waals surface area contributed by atoms with Crippen molar-refractivity contribution in [1.29, 1.82) is 0 Å². The first-order valence-corrected chi connectivity index (χ1v) is 22.6. The highest BCUT2D eigenvalue weighted by atomic mass is 28.4. The highest BCUT2D eigenvalue weighted by Crippen LogP contribution is 2.60. The number of likely N-dealkylation sites (tertiary alicyclic amines) is 1. The molecule has 2 fully saturated rings. The topological polar surface area (TPSA) is 140 Å². The number of aliphatic hydroxyl groups excluding tert-OH is 1. The first-order valence-electron chi connectivity index (χ1n) is 19.7. The van der Waals surface area contributed by atoms with Crippen molar-refractivity contribution in [2.24, 2.45) is 5.92 Å². The van der Waals surface area contributed by atoms with Gasteiger partial charge in [0.05, 0.1) is 71.9 Å². The van der Waals surface area contributed by atoms with Gasteiger partial charge in [-0.2, -0.15) is 19.6 Å². The molecule has 0 saturated carbocycles. The standard InChI is InChI=1S/C44H43FN6O6Si/c1-27-40(58(2,3)45)38(22-39(53)48-20-8-11-33(48)26-52)57-44(27)36-21-32(51-42(55)35-13-7-5-10-30(35)24-47-51)18-19-37(36)49(43(44)56)25-28-14-16-31(17-15-28)50-41(54)34-12-6-4-9-29(34)23-46-50/h4-7,9-10,12-19,21,23-24,27,33,38,40,52H,8,11,20,22,25-26H2,1-3H3/t27-,33-,38+,40-,44+/m0/s1. The zero-order valence-electron chi connectivity index (χ0n) is 32.4. The van der Waals surface area contributed by atoms with E-state index in [9.17, 15) is 19.5 Å². The summed E-state index contributed by atoms with van der Waals surface area (Å²) in [4.78, 5) is 59.5. The number of benzene rings is 4. The molecule has 9 rings (SSSR count). The van der Waals surface area contributed by atoms with Crippen molar-refractivity contribution in [2.75, 3.05) is 18.1 Å². The van der Waals surface area contributed by atoms with E-state index in [0.717, 1.165) is 17.4 Å². The third kappa shape index (κ3) is 6.00. The van der Waals surface area contributed by atoms with E-state index in [4.69, 9.17) is 4.74 Å². The van der Waals surface area contributed by atoms with E-state index < -0.39 is 37.5 Å². The molecule has 0 unspecified atom stereocenters. The van der Waals surface area contributed by atoms with Crippen molar-refractivity contribution in [3.05, 3.63) is 135 Å². The van der Waals surface area contributed by atoms with Crippen LogP contribution in [-0.2, 0) is 26.5 Å². The van der Waals surface area contributed by atoms with Crippen molar-refractivity contribution in [3.63, 3.8) is 0 Å². The molecule has 5 heterocycles. The van der Waals surface area contributed by atoms with E-state index in [-0.39, 0.29) is 42.6 Å². The van der Waals surface area contributed by atoms with Gasteiger partial charge >= 0.3 is 0 Å². The molecular weight excluding hydrogens is 756 g/mol. The van der Waals surface area contributed by atoms with Crippen molar-refractivity contribution >= 4 is 47.5 Å². The van der Waals surface area contributed by atoms with Crippen LogP contribution in [0, 0.1) is 5.92 Å². The van der Waals surface area contributed by atoms with Gasteiger partial charge in [-0.05, 0) is 74.0 Å². The predicted molar refractivity (Wildman–Crippen MR) is 220 cm³/mol. The number of aromatic nitrogens is 4. The molecule has 3 aliphatic rings. The minimum atomic E-state index is -3.62. The molecule has 2 amide bonds. The lowest BCUT2D eigenvalue weighted by Crippen LogP contribution is -2.45. The molecule has 5 atom stereocenters. The molecule has 3 aliphatic heterocycles. The Morgan fingerprint density at radius 1 is 0.879 bits per heavy atom. The number of aliphatic hydroxyl groups is 1. The van der Waals surface area contributed by atoms with Gasteiger partial charge in [-0.25, -0.2) is 0 Å². The Labute approximate surface area is 334 Å². The van der Waals surface area contributed by atoms with Gasteiger partial charge < -0.3 is 23.8 Å². The third-order valence-corrected chi connectivity index (χ3v) is 14.8. The minimum absolute atomic E-state index is 0.119. The molecule has 58 heavy (non-hydrogen) atoms. The summed E-state index contributed by atoms with van der Waals surface area (Å²) < 4.78 is 26.2. The largest absolute Gasteiger partial charge is 0.394 e. The number of fused-ring (bicyclic) bond motifs is 4. The molecule has 0 bridgehead atoms. The van der Waals surface area contributed by atoms with Crippen LogP contribution in [0.25, 0.3) is 32.9 Å². The smallest absolute Gasteiger partial charge is 0.279 e. The Morgan fingerprint density at radius 3 is 2.10 bits per heavy atom. The van der Waals surface area contributed by atoms with Crippen LogP contribution in [0.15, 0.2) is 113 Å². The monoisotopic (exact) mass is 798 g/mol. The van der Waals surface area contributed by atoms with E-state index in [1.807, 2.05) is 49.4 Å². The van der Waals surface area contributed by atoms with Crippen LogP contribution in [-0.4, -0.2) is 75.1 Å². The first kappa shape index (κ1) is 37.7. The van der Waals surface area contributed by atoms with Crippen LogP contribution in [0.2, 0.25) is 18.6 Å². The van der Waals surface area contributed by atoms with Crippen LogP contribution < -0.4 is 16.0 Å². The fourth-order valence-corrected chi connectivity index (χ4v) is 12.1. The number of nitrogens with zero attached hydrogens (tertiary/aromatic N) is 6. The maximum absolute atomic E-state index is 16.7. The normalized spacial score (nSPS) is 23.1. The summed E-state index contributed by atoms with van der Waals surface area (Å²) in [5.41, 5.74) is -0.273. The van der Waals surface area contributed by atoms with Gasteiger partial charge in [-0.3, -0.25) is 19.2 Å². The summed E-state index contributed by atoms with van der Waals surface area (Å²) in [6, 6.07) is 26.6. The number of carbonyl (C=O) groups excluding carboxylic acids is 2. The zero-order chi connectivity index (χ0) is 40.5. The second-order valence-electron chi connectivity index (χ2n) is 16.2. The lowest BCUT2D eigenvalue weighted by atomic mass is 9.82. The van der Waals surface area contributed by atoms with Crippen molar-refractivity contribution < 1.29 is 23.5 Å². The highest BCUT2D eigenvalue weighted by Gasteiger charge is 2.67. The van der Waals surface area contributed by atoms with Gasteiger partial charge in [0.2, 0.25) is 14.3 Å². The van der Waals surface area contributed by atoms with Crippen LogP contribution in [0.4, 0.5) is 9.80 Å². The minimum Gasteiger partial charge on any atom is -0.394 e. The lowest BCUT2D eigenvalue weighted by molar-refractivity contribution is -0.150. The van der Waals surface area contributed by atoms with Gasteiger partial charge in [0.15, 0.2) is 5.60 Å². The number of hydrogen-bond donors (Lipinski definition) is 1. The molecule has 0 aliphatic carbocycles. The molecule has 1 N–H and O–H groups in total. The summed E-state index contributed by atoms with van der Waals surface area (Å²) in [6.07, 6.45) is 3.66. The highest BCUT2D eigenvalue weighted by molar-refractivity contribution is 6.72. The van der Waals surface area contributed by atoms with E-state index >= 15 is 8.90 Å². The van der Waals surface area contributed by atoms with E-state index in [2.05, 4.69) is 10.2 Å². The molecule has 1 spiro atoms. The molecule has 0 radical (unpaired) electrons. The Hall–Kier alpha value is -5.83. The zero-order valence-corrected chi connectivity index (χ0v) is 33.4. The van der Waals surface area contributed by atoms with Crippen LogP contribution in [0.5, 0.6) is 0 Å². The fourth-order valence-electron chi connectivity index (χ4n) is 9.64. The number of hydrogen-bond acceptors (Lipinski definition) is 8. The second kappa shape index (κ2) is 14.2. The SMILES string of the molecule is C[C@H]1[C@H]([Si](C)(C)F)[C@@H](CC(=O)N2CCC[C@H]2CO)O[C@]12C(=O)N(Cc1ccc(-n3ncc4ccccc4c3=O)cc1)c1ccc(-n3ncc4ccccc4c3=O)cc12. The van der Waals surface area contributed by atoms with Crippen LogP contribution >= 0.6 is 0 Å². The van der Waals surface area contributed by atoms with Crippen molar-refractivity contribution in [1.82, 2.24) is 24.5 Å². The molecule has 4 aromatic carbocycles. The quantitative estimate of drug-likeness (QED) is 0.151. The summed E-state index contributed by atoms with van der Waals surface area (Å²) in [5, 5.41) is 21.3. The second-order valence-corrected chi connectivity index (χ2v) is 20.0. The molecule has 6 aromatic rings. The Bertz CT molecular complexity index is 2730. The molecule has 12 nitrogen and oxygen atoms in total. The number of anilines is 1. The Kier molecular flexibility index (Phi) is 9.25. The fraction of sp³-hybridized carbons (Fsp3) is 0.318. The van der Waals surface area contributed by atoms with Gasteiger partial charge in [0.1, 0.15) is 0 Å². The average Bonchev–Trinajstić information content (AvgIpc) is 3.89. The summed E-state index contributed by atoms with van der Waals surface area (Å²) in [6.45, 7) is 5.46. The third-order valence-electron chi connectivity index (χ3n) is 12.4. The van der Waals surface area contributed by atoms with Crippen LogP contribution in [0.3, 0.4) is 0 Å². The maximum Gasteiger partial charge on any atom is 0.279 e. The Morgan fingerprint density at radius 2 is 1.48 bits per heavy atom. The molecule has 2 aromatic heterocycles. The molecule has 14 heteroatoms. The maximum atomic E-state index is 16.7. The summed E-state index contributed by atoms with van der Waals surface area (Å²) in [5.74, 6) is -1.32. The number of rotatable bonds is 8. The number of halogens is 1. The van der Waals surface area contributed by atoms with E-state index in [1.54, 1.807) is 83.8 Å². The van der Waals surface area contributed by atoms with Gasteiger partial charge in [-0.1, -0.05) is 55.5 Å². The van der Waals surface area contributed by atoms with Crippen LogP contribution in [0.1, 0.15) is 37.3 Å². The first-order chi connectivity index (χ1) is 27.9. The van der Waals surface area contributed by atoms with Gasteiger partial charge in [0, 0.05) is 34.3 Å². The number of carbonyl (C=O) groups is 2. The molecule has 2 saturated heterocycles.